The minimum Gasteiger partial charge on any atom is -0.315 e. The average molecular weight is 250 g/mol. The van der Waals surface area contributed by atoms with E-state index in [4.69, 9.17) is 0 Å². The molecule has 0 amide bonds. The summed E-state index contributed by atoms with van der Waals surface area (Å²) < 4.78 is 0. The Hall–Kier alpha value is -0.0800. The maximum atomic E-state index is 3.83. The molecule has 1 atom stereocenters. The Kier molecular flexibility index (Phi) is 3.95. The quantitative estimate of drug-likeness (QED) is 0.692. The lowest BCUT2D eigenvalue weighted by molar-refractivity contribution is 0.299. The van der Waals surface area contributed by atoms with Gasteiger partial charge in [-0.15, -0.1) is 0 Å². The Morgan fingerprint density at radius 2 is 1.94 bits per heavy atom. The van der Waals surface area contributed by atoms with Crippen molar-refractivity contribution in [2.75, 3.05) is 19.6 Å². The van der Waals surface area contributed by atoms with Crippen LogP contribution in [0.4, 0.5) is 0 Å². The summed E-state index contributed by atoms with van der Waals surface area (Å²) in [5.74, 6) is 3.19. The highest BCUT2D eigenvalue weighted by Crippen LogP contribution is 2.48. The van der Waals surface area contributed by atoms with Gasteiger partial charge in [0.1, 0.15) is 0 Å². The van der Waals surface area contributed by atoms with Gasteiger partial charge in [-0.1, -0.05) is 13.3 Å². The summed E-state index contributed by atoms with van der Waals surface area (Å²) in [6.07, 6.45) is 11.5. The van der Waals surface area contributed by atoms with E-state index in [9.17, 15) is 0 Å². The van der Waals surface area contributed by atoms with Gasteiger partial charge in [-0.05, 0) is 75.8 Å². The molecular weight excluding hydrogens is 220 g/mol. The topological polar surface area (TPSA) is 24.1 Å². The van der Waals surface area contributed by atoms with E-state index in [-0.39, 0.29) is 0 Å². The van der Waals surface area contributed by atoms with Crippen LogP contribution in [0, 0.1) is 17.8 Å². The van der Waals surface area contributed by atoms with E-state index in [1.165, 1.54) is 71.0 Å². The molecule has 18 heavy (non-hydrogen) atoms. The van der Waals surface area contributed by atoms with Gasteiger partial charge >= 0.3 is 0 Å². The summed E-state index contributed by atoms with van der Waals surface area (Å²) in [4.78, 5) is 0. The van der Waals surface area contributed by atoms with Crippen LogP contribution in [0.25, 0.3) is 0 Å². The molecule has 3 aliphatic rings. The molecule has 0 radical (unpaired) electrons. The van der Waals surface area contributed by atoms with Gasteiger partial charge in [0.05, 0.1) is 0 Å². The minimum absolute atomic E-state index is 0.437. The Bertz CT molecular complexity index is 250. The fourth-order valence-corrected chi connectivity index (χ4v) is 4.05. The second kappa shape index (κ2) is 5.50. The van der Waals surface area contributed by atoms with Crippen molar-refractivity contribution in [2.24, 2.45) is 17.8 Å². The van der Waals surface area contributed by atoms with Crippen LogP contribution in [0.2, 0.25) is 0 Å². The first kappa shape index (κ1) is 12.9. The Labute approximate surface area is 112 Å². The molecule has 2 N–H and O–H groups in total. The molecule has 1 saturated heterocycles. The van der Waals surface area contributed by atoms with Crippen LogP contribution in [0.15, 0.2) is 0 Å². The summed E-state index contributed by atoms with van der Waals surface area (Å²) in [5.41, 5.74) is 0.437. The average Bonchev–Trinajstić information content (AvgIpc) is 3.27. The highest BCUT2D eigenvalue weighted by Gasteiger charge is 2.41. The number of nitrogens with one attached hydrogen (secondary N) is 2. The number of hydrogen-bond acceptors (Lipinski definition) is 2. The highest BCUT2D eigenvalue weighted by molar-refractivity contribution is 4.96. The van der Waals surface area contributed by atoms with Crippen molar-refractivity contribution in [3.63, 3.8) is 0 Å². The smallest absolute Gasteiger partial charge is 0.0306 e. The van der Waals surface area contributed by atoms with Crippen LogP contribution in [-0.4, -0.2) is 25.2 Å². The third-order valence-corrected chi connectivity index (χ3v) is 5.36. The van der Waals surface area contributed by atoms with Gasteiger partial charge < -0.3 is 10.6 Å². The molecule has 0 spiro atoms. The van der Waals surface area contributed by atoms with Gasteiger partial charge in [-0.3, -0.25) is 0 Å². The summed E-state index contributed by atoms with van der Waals surface area (Å²) in [5, 5.41) is 7.61. The van der Waals surface area contributed by atoms with Gasteiger partial charge in [-0.25, -0.2) is 0 Å². The zero-order valence-corrected chi connectivity index (χ0v) is 12.0. The van der Waals surface area contributed by atoms with Crippen molar-refractivity contribution in [3.8, 4) is 0 Å². The first-order chi connectivity index (χ1) is 8.83. The van der Waals surface area contributed by atoms with Crippen LogP contribution in [0.1, 0.15) is 58.3 Å². The molecule has 3 fully saturated rings. The van der Waals surface area contributed by atoms with Crippen molar-refractivity contribution >= 4 is 0 Å². The molecule has 0 aromatic carbocycles. The molecule has 2 nitrogen and oxygen atoms in total. The molecule has 2 aliphatic carbocycles. The second-order valence-electron chi connectivity index (χ2n) is 7.03. The van der Waals surface area contributed by atoms with Gasteiger partial charge in [0.2, 0.25) is 0 Å². The number of hydrogen-bond donors (Lipinski definition) is 2. The van der Waals surface area contributed by atoms with Crippen molar-refractivity contribution in [3.05, 3.63) is 0 Å². The maximum Gasteiger partial charge on any atom is 0.0306 e. The van der Waals surface area contributed by atoms with Crippen LogP contribution in [0.5, 0.6) is 0 Å². The SMILES string of the molecule is CCCC1(CNCC(C2CC2)C2CC2)CCCN1. The van der Waals surface area contributed by atoms with Gasteiger partial charge in [0.15, 0.2) is 0 Å². The molecule has 0 aromatic heterocycles. The normalized spacial score (nSPS) is 32.3. The maximum absolute atomic E-state index is 3.83. The molecule has 1 unspecified atom stereocenters. The number of rotatable bonds is 8. The van der Waals surface area contributed by atoms with E-state index in [0.29, 0.717) is 5.54 Å². The third kappa shape index (κ3) is 3.08. The summed E-state index contributed by atoms with van der Waals surface area (Å²) in [6.45, 7) is 6.05. The molecule has 3 rings (SSSR count). The van der Waals surface area contributed by atoms with Crippen molar-refractivity contribution < 1.29 is 0 Å². The van der Waals surface area contributed by atoms with Crippen LogP contribution < -0.4 is 10.6 Å². The largest absolute Gasteiger partial charge is 0.315 e. The summed E-state index contributed by atoms with van der Waals surface area (Å²) in [7, 11) is 0. The molecule has 0 bridgehead atoms. The first-order valence-corrected chi connectivity index (χ1v) is 8.29. The lowest BCUT2D eigenvalue weighted by atomic mass is 9.91. The van der Waals surface area contributed by atoms with Gasteiger partial charge in [-0.2, -0.15) is 0 Å². The van der Waals surface area contributed by atoms with Gasteiger partial charge in [0.25, 0.3) is 0 Å². The fraction of sp³-hybridized carbons (Fsp3) is 1.00. The molecule has 1 aliphatic heterocycles. The molecule has 2 heteroatoms. The van der Waals surface area contributed by atoms with Crippen molar-refractivity contribution in [1.29, 1.82) is 0 Å². The molecule has 2 saturated carbocycles. The Morgan fingerprint density at radius 1 is 1.22 bits per heavy atom. The molecular formula is C16H30N2. The molecule has 1 heterocycles. The monoisotopic (exact) mass is 250 g/mol. The Morgan fingerprint density at radius 3 is 2.44 bits per heavy atom. The molecule has 0 aromatic rings. The second-order valence-corrected chi connectivity index (χ2v) is 7.03. The highest BCUT2D eigenvalue weighted by atomic mass is 15.1. The lowest BCUT2D eigenvalue weighted by Crippen LogP contribution is -2.49. The van der Waals surface area contributed by atoms with E-state index < -0.39 is 0 Å². The minimum atomic E-state index is 0.437. The van der Waals surface area contributed by atoms with Crippen LogP contribution in [0.3, 0.4) is 0 Å². The standard InChI is InChI=1S/C16H30N2/c1-2-8-16(9-3-10-18-16)12-17-11-15(13-4-5-13)14-6-7-14/h13-15,17-18H,2-12H2,1H3. The predicted molar refractivity (Wildman–Crippen MR) is 76.7 cm³/mol. The third-order valence-electron chi connectivity index (χ3n) is 5.36. The van der Waals surface area contributed by atoms with E-state index in [2.05, 4.69) is 17.6 Å². The lowest BCUT2D eigenvalue weighted by Gasteiger charge is -2.30. The zero-order valence-electron chi connectivity index (χ0n) is 12.0. The van der Waals surface area contributed by atoms with Crippen LogP contribution in [-0.2, 0) is 0 Å². The molecule has 104 valence electrons. The van der Waals surface area contributed by atoms with Crippen molar-refractivity contribution in [1.82, 2.24) is 10.6 Å². The van der Waals surface area contributed by atoms with E-state index >= 15 is 0 Å². The first-order valence-electron chi connectivity index (χ1n) is 8.29. The predicted octanol–water partition coefficient (Wildman–Crippen LogP) is 2.93. The summed E-state index contributed by atoms with van der Waals surface area (Å²) in [6, 6.07) is 0. The summed E-state index contributed by atoms with van der Waals surface area (Å²) >= 11 is 0. The fourth-order valence-electron chi connectivity index (χ4n) is 4.05. The van der Waals surface area contributed by atoms with Crippen molar-refractivity contribution in [2.45, 2.75) is 63.8 Å². The Balaban J connectivity index is 1.44. The van der Waals surface area contributed by atoms with E-state index in [1.54, 1.807) is 0 Å². The zero-order chi connectivity index (χ0) is 12.4. The van der Waals surface area contributed by atoms with E-state index in [0.717, 1.165) is 17.8 Å². The van der Waals surface area contributed by atoms with E-state index in [1.807, 2.05) is 0 Å². The van der Waals surface area contributed by atoms with Gasteiger partial charge in [0, 0.05) is 12.1 Å². The van der Waals surface area contributed by atoms with Crippen LogP contribution >= 0.6 is 0 Å².